The highest BCUT2D eigenvalue weighted by Gasteiger charge is 2.25. The molecule has 1 atom stereocenters. The van der Waals surface area contributed by atoms with Gasteiger partial charge >= 0.3 is 5.97 Å². The number of non-ortho nitro benzene ring substituents is 1. The zero-order chi connectivity index (χ0) is 12.4. The van der Waals surface area contributed by atoms with E-state index in [0.29, 0.717) is 13.0 Å². The van der Waals surface area contributed by atoms with E-state index < -0.39 is 11.0 Å². The third-order valence-corrected chi connectivity index (χ3v) is 2.85. The number of nitrogens with one attached hydrogen (secondary N) is 1. The minimum atomic E-state index is -0.435. The van der Waals surface area contributed by atoms with Gasteiger partial charge in [0, 0.05) is 18.7 Å². The van der Waals surface area contributed by atoms with E-state index in [1.54, 1.807) is 6.07 Å². The lowest BCUT2D eigenvalue weighted by Gasteiger charge is -2.23. The van der Waals surface area contributed by atoms with Crippen LogP contribution in [0, 0.1) is 10.1 Å². The van der Waals surface area contributed by atoms with Crippen LogP contribution in [0.4, 0.5) is 5.69 Å². The minimum absolute atomic E-state index is 0.0502. The molecule has 0 radical (unpaired) electrons. The molecule has 1 aromatic rings. The van der Waals surface area contributed by atoms with Crippen LogP contribution < -0.4 is 5.32 Å². The SMILES string of the molecule is COC(=O)[C@@H]1Cc2cc([N+](=O)[O-])ccc2CN1. The van der Waals surface area contributed by atoms with Crippen LogP contribution in [0.25, 0.3) is 0 Å². The highest BCUT2D eigenvalue weighted by Crippen LogP contribution is 2.22. The molecule has 2 rings (SSSR count). The monoisotopic (exact) mass is 236 g/mol. The van der Waals surface area contributed by atoms with Gasteiger partial charge in [-0.15, -0.1) is 0 Å². The van der Waals surface area contributed by atoms with E-state index in [4.69, 9.17) is 0 Å². The molecule has 1 aromatic carbocycles. The van der Waals surface area contributed by atoms with Gasteiger partial charge in [-0.2, -0.15) is 0 Å². The van der Waals surface area contributed by atoms with Gasteiger partial charge in [-0.25, -0.2) is 0 Å². The summed E-state index contributed by atoms with van der Waals surface area (Å²) in [5, 5.41) is 13.7. The number of carbonyl (C=O) groups is 1. The molecule has 0 amide bonds. The summed E-state index contributed by atoms with van der Waals surface area (Å²) < 4.78 is 4.65. The summed E-state index contributed by atoms with van der Waals surface area (Å²) in [5.41, 5.74) is 1.86. The van der Waals surface area contributed by atoms with Gasteiger partial charge in [0.05, 0.1) is 12.0 Å². The molecule has 0 aliphatic carbocycles. The molecule has 0 bridgehead atoms. The van der Waals surface area contributed by atoms with Crippen LogP contribution in [0.3, 0.4) is 0 Å². The maximum Gasteiger partial charge on any atom is 0.323 e. The van der Waals surface area contributed by atoms with Gasteiger partial charge in [0.2, 0.25) is 0 Å². The highest BCUT2D eigenvalue weighted by molar-refractivity contribution is 5.76. The number of rotatable bonds is 2. The van der Waals surface area contributed by atoms with Crippen LogP contribution in [-0.2, 0) is 22.5 Å². The number of nitro groups is 1. The standard InChI is InChI=1S/C11H12N2O4/c1-17-11(14)10-5-8-4-9(13(15)16)3-2-7(8)6-12-10/h2-4,10,12H,5-6H2,1H3/t10-/m0/s1. The normalized spacial score (nSPS) is 18.3. The highest BCUT2D eigenvalue weighted by atomic mass is 16.6. The quantitative estimate of drug-likeness (QED) is 0.466. The van der Waals surface area contributed by atoms with Gasteiger partial charge in [-0.3, -0.25) is 14.9 Å². The van der Waals surface area contributed by atoms with Crippen LogP contribution in [0.1, 0.15) is 11.1 Å². The number of nitro benzene ring substituents is 1. The molecule has 0 unspecified atom stereocenters. The summed E-state index contributed by atoms with van der Waals surface area (Å²) in [6.45, 7) is 0.521. The lowest BCUT2D eigenvalue weighted by molar-refractivity contribution is -0.384. The third-order valence-electron chi connectivity index (χ3n) is 2.85. The number of benzene rings is 1. The van der Waals surface area contributed by atoms with E-state index in [1.165, 1.54) is 19.2 Å². The van der Waals surface area contributed by atoms with Crippen molar-refractivity contribution in [3.8, 4) is 0 Å². The van der Waals surface area contributed by atoms with Crippen LogP contribution in [0.5, 0.6) is 0 Å². The Hall–Kier alpha value is -1.95. The Morgan fingerprint density at radius 3 is 2.94 bits per heavy atom. The van der Waals surface area contributed by atoms with Crippen molar-refractivity contribution in [3.63, 3.8) is 0 Å². The molecular weight excluding hydrogens is 224 g/mol. The second-order valence-corrected chi connectivity index (χ2v) is 3.87. The maximum atomic E-state index is 11.4. The topological polar surface area (TPSA) is 81.5 Å². The van der Waals surface area contributed by atoms with Gasteiger partial charge < -0.3 is 10.1 Å². The largest absolute Gasteiger partial charge is 0.468 e. The number of hydrogen-bond acceptors (Lipinski definition) is 5. The molecule has 1 heterocycles. The van der Waals surface area contributed by atoms with E-state index in [9.17, 15) is 14.9 Å². The summed E-state index contributed by atoms with van der Waals surface area (Å²) in [4.78, 5) is 21.6. The molecule has 1 aliphatic heterocycles. The average molecular weight is 236 g/mol. The fraction of sp³-hybridized carbons (Fsp3) is 0.364. The van der Waals surface area contributed by atoms with Gasteiger partial charge in [0.1, 0.15) is 6.04 Å². The Morgan fingerprint density at radius 2 is 2.29 bits per heavy atom. The van der Waals surface area contributed by atoms with Gasteiger partial charge in [-0.05, 0) is 17.5 Å². The van der Waals surface area contributed by atoms with E-state index in [0.717, 1.165) is 11.1 Å². The summed E-state index contributed by atoms with van der Waals surface area (Å²) in [5.74, 6) is -0.345. The summed E-state index contributed by atoms with van der Waals surface area (Å²) >= 11 is 0. The molecule has 1 aliphatic rings. The first kappa shape index (κ1) is 11.5. The molecule has 17 heavy (non-hydrogen) atoms. The third kappa shape index (κ3) is 2.26. The number of nitrogens with zero attached hydrogens (tertiary/aromatic N) is 1. The van der Waals surface area contributed by atoms with Crippen molar-refractivity contribution in [3.05, 3.63) is 39.4 Å². The fourth-order valence-corrected chi connectivity index (χ4v) is 1.92. The predicted molar refractivity (Wildman–Crippen MR) is 59.4 cm³/mol. The van der Waals surface area contributed by atoms with Crippen molar-refractivity contribution in [2.75, 3.05) is 7.11 Å². The second-order valence-electron chi connectivity index (χ2n) is 3.87. The average Bonchev–Trinajstić information content (AvgIpc) is 2.36. The Kier molecular flexibility index (Phi) is 3.06. The molecule has 6 heteroatoms. The van der Waals surface area contributed by atoms with Gasteiger partial charge in [-0.1, -0.05) is 6.07 Å². The van der Waals surface area contributed by atoms with Crippen molar-refractivity contribution in [2.45, 2.75) is 19.0 Å². The first-order chi connectivity index (χ1) is 8.11. The van der Waals surface area contributed by atoms with Crippen molar-refractivity contribution < 1.29 is 14.5 Å². The molecular formula is C11H12N2O4. The molecule has 0 aromatic heterocycles. The minimum Gasteiger partial charge on any atom is -0.468 e. The van der Waals surface area contributed by atoms with Crippen LogP contribution in [-0.4, -0.2) is 24.0 Å². The number of fused-ring (bicyclic) bond motifs is 1. The number of esters is 1. The lowest BCUT2D eigenvalue weighted by atomic mass is 9.95. The number of methoxy groups -OCH3 is 1. The van der Waals surface area contributed by atoms with Crippen LogP contribution in [0.15, 0.2) is 18.2 Å². The predicted octanol–water partition coefficient (Wildman–Crippen LogP) is 0.782. The molecule has 1 N–H and O–H groups in total. The van der Waals surface area contributed by atoms with E-state index >= 15 is 0 Å². The smallest absolute Gasteiger partial charge is 0.323 e. The first-order valence-corrected chi connectivity index (χ1v) is 5.19. The zero-order valence-corrected chi connectivity index (χ0v) is 9.30. The molecule has 0 fully saturated rings. The van der Waals surface area contributed by atoms with Crippen LogP contribution >= 0.6 is 0 Å². The zero-order valence-electron chi connectivity index (χ0n) is 9.30. The second kappa shape index (κ2) is 4.50. The number of carbonyl (C=O) groups excluding carboxylic acids is 1. The molecule has 90 valence electrons. The fourth-order valence-electron chi connectivity index (χ4n) is 1.92. The molecule has 6 nitrogen and oxygen atoms in total. The summed E-state index contributed by atoms with van der Waals surface area (Å²) in [6.07, 6.45) is 0.420. The van der Waals surface area contributed by atoms with Crippen molar-refractivity contribution in [2.24, 2.45) is 0 Å². The van der Waals surface area contributed by atoms with E-state index in [2.05, 4.69) is 10.1 Å². The van der Waals surface area contributed by atoms with Crippen molar-refractivity contribution in [1.82, 2.24) is 5.32 Å². The molecule has 0 saturated carbocycles. The van der Waals surface area contributed by atoms with Gasteiger partial charge in [0.15, 0.2) is 0 Å². The van der Waals surface area contributed by atoms with Crippen molar-refractivity contribution in [1.29, 1.82) is 0 Å². The molecule has 0 saturated heterocycles. The summed E-state index contributed by atoms with van der Waals surface area (Å²) in [6, 6.07) is 4.29. The van der Waals surface area contributed by atoms with Crippen molar-refractivity contribution >= 4 is 11.7 Å². The Bertz CT molecular complexity index is 473. The Morgan fingerprint density at radius 1 is 1.53 bits per heavy atom. The van der Waals surface area contributed by atoms with Crippen LogP contribution in [0.2, 0.25) is 0 Å². The van der Waals surface area contributed by atoms with E-state index in [1.807, 2.05) is 0 Å². The Balaban J connectivity index is 2.26. The number of ether oxygens (including phenoxy) is 1. The molecule has 0 spiro atoms. The lowest BCUT2D eigenvalue weighted by Crippen LogP contribution is -2.42. The maximum absolute atomic E-state index is 11.4. The first-order valence-electron chi connectivity index (χ1n) is 5.19. The van der Waals surface area contributed by atoms with Gasteiger partial charge in [0.25, 0.3) is 5.69 Å². The summed E-state index contributed by atoms with van der Waals surface area (Å²) in [7, 11) is 1.33. The Labute approximate surface area is 97.7 Å². The number of hydrogen-bond donors (Lipinski definition) is 1. The van der Waals surface area contributed by atoms with E-state index in [-0.39, 0.29) is 11.7 Å².